The molecule has 0 saturated carbocycles. The van der Waals surface area contributed by atoms with Gasteiger partial charge in [0.15, 0.2) is 11.5 Å². The number of hydrogen-bond donors (Lipinski definition) is 1. The monoisotopic (exact) mass is 302 g/mol. The van der Waals surface area contributed by atoms with E-state index in [4.69, 9.17) is 9.47 Å². The van der Waals surface area contributed by atoms with Crippen molar-refractivity contribution in [3.05, 3.63) is 47.8 Å². The zero-order valence-corrected chi connectivity index (χ0v) is 13.2. The van der Waals surface area contributed by atoms with Crippen molar-refractivity contribution in [2.24, 2.45) is 0 Å². The van der Waals surface area contributed by atoms with E-state index in [0.717, 1.165) is 25.2 Å². The Morgan fingerprint density at radius 1 is 1.00 bits per heavy atom. The van der Waals surface area contributed by atoms with Gasteiger partial charge in [-0.25, -0.2) is 0 Å². The number of ether oxygens (including phenoxy) is 2. The second kappa shape index (κ2) is 7.66. The smallest absolute Gasteiger partial charge is 0.200 e. The quantitative estimate of drug-likeness (QED) is 0.852. The third-order valence-corrected chi connectivity index (χ3v) is 3.55. The highest BCUT2D eigenvalue weighted by Gasteiger charge is 2.13. The predicted octanol–water partition coefficient (Wildman–Crippen LogP) is 2.83. The summed E-state index contributed by atoms with van der Waals surface area (Å²) >= 11 is 0. The Morgan fingerprint density at radius 2 is 1.55 bits per heavy atom. The maximum atomic E-state index is 9.97. The number of hydrogen-bond acceptors (Lipinski definition) is 5. The number of nitrogens with zero attached hydrogens (tertiary/aromatic N) is 2. The Bertz CT molecular complexity index is 577. The fraction of sp³-hybridized carbons (Fsp3) is 0.353. The summed E-state index contributed by atoms with van der Waals surface area (Å²) in [5.41, 5.74) is 2.25. The standard InChI is InChI=1S/C17H22N2O3/c1-4-19(11-13-5-7-18-8-6-13)12-14-9-15(21-2)17(20)16(10-14)22-3/h5-10,20H,4,11-12H2,1-3H3. The first-order chi connectivity index (χ1) is 10.7. The Hall–Kier alpha value is -2.27. The van der Waals surface area contributed by atoms with Crippen molar-refractivity contribution in [2.45, 2.75) is 20.0 Å². The van der Waals surface area contributed by atoms with Crippen molar-refractivity contribution >= 4 is 0 Å². The topological polar surface area (TPSA) is 54.8 Å². The molecule has 0 aliphatic rings. The SMILES string of the molecule is CCN(Cc1ccncc1)Cc1cc(OC)c(O)c(OC)c1. The first kappa shape index (κ1) is 16.1. The van der Waals surface area contributed by atoms with Gasteiger partial charge in [0.25, 0.3) is 0 Å². The Labute approximate surface area is 131 Å². The molecule has 0 spiro atoms. The summed E-state index contributed by atoms with van der Waals surface area (Å²) in [6, 6.07) is 7.71. The summed E-state index contributed by atoms with van der Waals surface area (Å²) in [5.74, 6) is 0.884. The van der Waals surface area contributed by atoms with E-state index < -0.39 is 0 Å². The lowest BCUT2D eigenvalue weighted by molar-refractivity contribution is 0.269. The second-order valence-electron chi connectivity index (χ2n) is 5.01. The van der Waals surface area contributed by atoms with Gasteiger partial charge < -0.3 is 14.6 Å². The van der Waals surface area contributed by atoms with E-state index in [0.29, 0.717) is 11.5 Å². The zero-order chi connectivity index (χ0) is 15.9. The number of benzene rings is 1. The number of rotatable bonds is 7. The molecule has 2 rings (SSSR count). The van der Waals surface area contributed by atoms with Crippen molar-refractivity contribution in [3.8, 4) is 17.2 Å². The Morgan fingerprint density at radius 3 is 2.05 bits per heavy atom. The molecule has 22 heavy (non-hydrogen) atoms. The van der Waals surface area contributed by atoms with Gasteiger partial charge in [0.05, 0.1) is 14.2 Å². The number of methoxy groups -OCH3 is 2. The van der Waals surface area contributed by atoms with Crippen LogP contribution in [0.2, 0.25) is 0 Å². The van der Waals surface area contributed by atoms with Gasteiger partial charge in [-0.2, -0.15) is 0 Å². The summed E-state index contributed by atoms with van der Waals surface area (Å²) in [7, 11) is 3.07. The molecule has 5 nitrogen and oxygen atoms in total. The molecule has 0 saturated heterocycles. The van der Waals surface area contributed by atoms with Gasteiger partial charge in [-0.05, 0) is 41.9 Å². The summed E-state index contributed by atoms with van der Waals surface area (Å²) in [5, 5.41) is 9.97. The first-order valence-corrected chi connectivity index (χ1v) is 7.23. The predicted molar refractivity (Wildman–Crippen MR) is 85.2 cm³/mol. The summed E-state index contributed by atoms with van der Waals surface area (Å²) in [6.07, 6.45) is 3.60. The highest BCUT2D eigenvalue weighted by molar-refractivity contribution is 5.52. The summed E-state index contributed by atoms with van der Waals surface area (Å²) in [4.78, 5) is 6.33. The molecule has 0 radical (unpaired) electrons. The zero-order valence-electron chi connectivity index (χ0n) is 13.2. The molecule has 0 aliphatic heterocycles. The molecular weight excluding hydrogens is 280 g/mol. The maximum absolute atomic E-state index is 9.97. The normalized spacial score (nSPS) is 10.7. The third-order valence-electron chi connectivity index (χ3n) is 3.55. The maximum Gasteiger partial charge on any atom is 0.200 e. The largest absolute Gasteiger partial charge is 0.502 e. The van der Waals surface area contributed by atoms with Crippen molar-refractivity contribution in [1.82, 2.24) is 9.88 Å². The minimum atomic E-state index is 0.0333. The van der Waals surface area contributed by atoms with Crippen molar-refractivity contribution in [3.63, 3.8) is 0 Å². The van der Waals surface area contributed by atoms with E-state index in [2.05, 4.69) is 16.8 Å². The van der Waals surface area contributed by atoms with Crippen LogP contribution in [0.1, 0.15) is 18.1 Å². The molecule has 5 heteroatoms. The Kier molecular flexibility index (Phi) is 5.61. The van der Waals surface area contributed by atoms with Crippen LogP contribution in [0.25, 0.3) is 0 Å². The van der Waals surface area contributed by atoms with E-state index in [-0.39, 0.29) is 5.75 Å². The van der Waals surface area contributed by atoms with Gasteiger partial charge in [-0.3, -0.25) is 9.88 Å². The van der Waals surface area contributed by atoms with E-state index in [1.807, 2.05) is 24.3 Å². The van der Waals surface area contributed by atoms with Gasteiger partial charge in [0.2, 0.25) is 5.75 Å². The van der Waals surface area contributed by atoms with E-state index >= 15 is 0 Å². The van der Waals surface area contributed by atoms with Crippen molar-refractivity contribution in [2.75, 3.05) is 20.8 Å². The van der Waals surface area contributed by atoms with Gasteiger partial charge >= 0.3 is 0 Å². The van der Waals surface area contributed by atoms with Crippen LogP contribution in [-0.2, 0) is 13.1 Å². The fourth-order valence-corrected chi connectivity index (χ4v) is 2.32. The number of aromatic hydroxyl groups is 1. The van der Waals surface area contributed by atoms with Crippen LogP contribution < -0.4 is 9.47 Å². The lowest BCUT2D eigenvalue weighted by Crippen LogP contribution is -2.22. The first-order valence-electron chi connectivity index (χ1n) is 7.23. The minimum Gasteiger partial charge on any atom is -0.502 e. The van der Waals surface area contributed by atoms with Crippen LogP contribution in [0.15, 0.2) is 36.7 Å². The average molecular weight is 302 g/mol. The van der Waals surface area contributed by atoms with Crippen molar-refractivity contribution in [1.29, 1.82) is 0 Å². The molecule has 1 heterocycles. The van der Waals surface area contributed by atoms with Crippen molar-refractivity contribution < 1.29 is 14.6 Å². The van der Waals surface area contributed by atoms with Crippen LogP contribution in [0.3, 0.4) is 0 Å². The number of pyridine rings is 1. The van der Waals surface area contributed by atoms with Gasteiger partial charge in [-0.15, -0.1) is 0 Å². The Balaban J connectivity index is 2.17. The second-order valence-corrected chi connectivity index (χ2v) is 5.01. The third kappa shape index (κ3) is 3.89. The molecule has 0 atom stereocenters. The molecule has 1 N–H and O–H groups in total. The molecule has 2 aromatic rings. The van der Waals surface area contributed by atoms with Gasteiger partial charge in [-0.1, -0.05) is 6.92 Å². The average Bonchev–Trinajstić information content (AvgIpc) is 2.56. The molecule has 0 aliphatic carbocycles. The van der Waals surface area contributed by atoms with Gasteiger partial charge in [0.1, 0.15) is 0 Å². The highest BCUT2D eigenvalue weighted by Crippen LogP contribution is 2.37. The van der Waals surface area contributed by atoms with Crippen LogP contribution in [0, 0.1) is 0 Å². The number of aromatic nitrogens is 1. The van der Waals surface area contributed by atoms with Crippen LogP contribution in [-0.4, -0.2) is 35.8 Å². The number of phenols is 1. The summed E-state index contributed by atoms with van der Waals surface area (Å²) in [6.45, 7) is 4.61. The minimum absolute atomic E-state index is 0.0333. The van der Waals surface area contributed by atoms with E-state index in [1.54, 1.807) is 12.4 Å². The van der Waals surface area contributed by atoms with Gasteiger partial charge in [0, 0.05) is 25.5 Å². The van der Waals surface area contributed by atoms with Crippen LogP contribution in [0.4, 0.5) is 0 Å². The van der Waals surface area contributed by atoms with E-state index in [9.17, 15) is 5.11 Å². The lowest BCUT2D eigenvalue weighted by Gasteiger charge is -2.21. The molecule has 0 bridgehead atoms. The highest BCUT2D eigenvalue weighted by atomic mass is 16.5. The van der Waals surface area contributed by atoms with Crippen LogP contribution >= 0.6 is 0 Å². The molecule has 1 aromatic carbocycles. The lowest BCUT2D eigenvalue weighted by atomic mass is 10.1. The molecule has 118 valence electrons. The summed E-state index contributed by atoms with van der Waals surface area (Å²) < 4.78 is 10.4. The van der Waals surface area contributed by atoms with E-state index in [1.165, 1.54) is 19.8 Å². The number of phenolic OH excluding ortho intramolecular Hbond substituents is 1. The molecule has 1 aromatic heterocycles. The van der Waals surface area contributed by atoms with Crippen LogP contribution in [0.5, 0.6) is 17.2 Å². The molecular formula is C17H22N2O3. The molecule has 0 amide bonds. The fourth-order valence-electron chi connectivity index (χ4n) is 2.32. The molecule has 0 unspecified atom stereocenters. The molecule has 0 fully saturated rings.